The average molecular weight is 227 g/mol. The number of rotatable bonds is 4. The Balaban J connectivity index is 2.56. The molecule has 87 valence electrons. The van der Waals surface area contributed by atoms with Crippen molar-refractivity contribution in [3.63, 3.8) is 0 Å². The van der Waals surface area contributed by atoms with Crippen molar-refractivity contribution >= 4 is 0 Å². The van der Waals surface area contributed by atoms with Crippen LogP contribution in [0.15, 0.2) is 42.5 Å². The summed E-state index contributed by atoms with van der Waals surface area (Å²) in [5.41, 5.74) is 2.07. The molecule has 0 unspecified atom stereocenters. The fourth-order valence-corrected chi connectivity index (χ4v) is 1.78. The molecule has 0 aromatic heterocycles. The standard InChI is InChI=1S/C15H15O2/c1-3-17-14-11-7-10-13(16-2)15(14)12-8-5-4-6-9-12/h4-6,8-11H,3H2,1-2H3. The molecular weight excluding hydrogens is 212 g/mol. The summed E-state index contributed by atoms with van der Waals surface area (Å²) in [5, 5.41) is 0. The van der Waals surface area contributed by atoms with Crippen molar-refractivity contribution in [2.75, 3.05) is 13.7 Å². The Kier molecular flexibility index (Phi) is 3.66. The number of hydrogen-bond donors (Lipinski definition) is 0. The SMILES string of the molecule is CCOc1c[c]cc(OC)c1-c1ccccc1. The zero-order chi connectivity index (χ0) is 12.1. The molecule has 2 aromatic rings. The summed E-state index contributed by atoms with van der Waals surface area (Å²) in [7, 11) is 1.66. The number of benzene rings is 2. The first-order valence-corrected chi connectivity index (χ1v) is 5.63. The lowest BCUT2D eigenvalue weighted by Gasteiger charge is -2.13. The molecule has 0 amide bonds. The Labute approximate surface area is 102 Å². The van der Waals surface area contributed by atoms with Gasteiger partial charge >= 0.3 is 0 Å². The van der Waals surface area contributed by atoms with Gasteiger partial charge in [0.2, 0.25) is 0 Å². The maximum Gasteiger partial charge on any atom is 0.131 e. The maximum absolute atomic E-state index is 5.62. The summed E-state index contributed by atoms with van der Waals surface area (Å²) >= 11 is 0. The summed E-state index contributed by atoms with van der Waals surface area (Å²) in [6, 6.07) is 16.8. The van der Waals surface area contributed by atoms with Crippen LogP contribution in [0.4, 0.5) is 0 Å². The predicted molar refractivity (Wildman–Crippen MR) is 68.4 cm³/mol. The highest BCUT2D eigenvalue weighted by Gasteiger charge is 2.11. The molecule has 0 aliphatic heterocycles. The molecule has 0 fully saturated rings. The number of hydrogen-bond acceptors (Lipinski definition) is 2. The Morgan fingerprint density at radius 1 is 1.06 bits per heavy atom. The van der Waals surface area contributed by atoms with Gasteiger partial charge in [0, 0.05) is 0 Å². The highest BCUT2D eigenvalue weighted by Crippen LogP contribution is 2.37. The van der Waals surface area contributed by atoms with Crippen LogP contribution < -0.4 is 9.47 Å². The van der Waals surface area contributed by atoms with Crippen molar-refractivity contribution in [1.82, 2.24) is 0 Å². The fraction of sp³-hybridized carbons (Fsp3) is 0.200. The Hall–Kier alpha value is -1.96. The number of methoxy groups -OCH3 is 1. The molecule has 2 aromatic carbocycles. The van der Waals surface area contributed by atoms with Crippen molar-refractivity contribution < 1.29 is 9.47 Å². The van der Waals surface area contributed by atoms with Crippen LogP contribution in [0.3, 0.4) is 0 Å². The maximum atomic E-state index is 5.62. The van der Waals surface area contributed by atoms with Crippen LogP contribution in [0.25, 0.3) is 11.1 Å². The van der Waals surface area contributed by atoms with Gasteiger partial charge in [-0.1, -0.05) is 30.3 Å². The summed E-state index contributed by atoms with van der Waals surface area (Å²) in [4.78, 5) is 0. The van der Waals surface area contributed by atoms with E-state index in [-0.39, 0.29) is 0 Å². The van der Waals surface area contributed by atoms with Gasteiger partial charge in [0.1, 0.15) is 11.5 Å². The van der Waals surface area contributed by atoms with Crippen molar-refractivity contribution in [2.24, 2.45) is 0 Å². The summed E-state index contributed by atoms with van der Waals surface area (Å²) in [5.74, 6) is 1.58. The molecule has 0 heterocycles. The second kappa shape index (κ2) is 5.39. The van der Waals surface area contributed by atoms with Crippen molar-refractivity contribution in [3.05, 3.63) is 48.5 Å². The molecule has 0 spiro atoms. The molecule has 0 atom stereocenters. The van der Waals surface area contributed by atoms with Gasteiger partial charge in [-0.2, -0.15) is 0 Å². The number of ether oxygens (including phenoxy) is 2. The Morgan fingerprint density at radius 3 is 2.41 bits per heavy atom. The van der Waals surface area contributed by atoms with Gasteiger partial charge in [-0.15, -0.1) is 0 Å². The van der Waals surface area contributed by atoms with E-state index in [2.05, 4.69) is 6.07 Å². The molecule has 0 aliphatic rings. The van der Waals surface area contributed by atoms with Crippen LogP contribution in [-0.2, 0) is 0 Å². The topological polar surface area (TPSA) is 18.5 Å². The first kappa shape index (κ1) is 11.5. The third-order valence-electron chi connectivity index (χ3n) is 2.50. The fourth-order valence-electron chi connectivity index (χ4n) is 1.78. The summed E-state index contributed by atoms with van der Waals surface area (Å²) in [6.45, 7) is 2.59. The summed E-state index contributed by atoms with van der Waals surface area (Å²) in [6.07, 6.45) is 0. The van der Waals surface area contributed by atoms with Gasteiger partial charge in [0.25, 0.3) is 0 Å². The molecule has 2 heteroatoms. The molecule has 0 aliphatic carbocycles. The van der Waals surface area contributed by atoms with Crippen molar-refractivity contribution in [2.45, 2.75) is 6.92 Å². The van der Waals surface area contributed by atoms with E-state index in [1.54, 1.807) is 7.11 Å². The zero-order valence-corrected chi connectivity index (χ0v) is 10.1. The molecular formula is C15H15O2. The highest BCUT2D eigenvalue weighted by molar-refractivity contribution is 5.76. The molecule has 0 N–H and O–H groups in total. The zero-order valence-electron chi connectivity index (χ0n) is 10.1. The highest BCUT2D eigenvalue weighted by atomic mass is 16.5. The average Bonchev–Trinajstić information content (AvgIpc) is 2.40. The Morgan fingerprint density at radius 2 is 1.76 bits per heavy atom. The minimum Gasteiger partial charge on any atom is -0.496 e. The van der Waals surface area contributed by atoms with Crippen molar-refractivity contribution in [1.29, 1.82) is 0 Å². The van der Waals surface area contributed by atoms with Crippen LogP contribution in [0.2, 0.25) is 0 Å². The van der Waals surface area contributed by atoms with Crippen LogP contribution in [0, 0.1) is 6.07 Å². The van der Waals surface area contributed by atoms with E-state index in [1.807, 2.05) is 49.4 Å². The van der Waals surface area contributed by atoms with E-state index in [0.29, 0.717) is 6.61 Å². The monoisotopic (exact) mass is 227 g/mol. The van der Waals surface area contributed by atoms with Gasteiger partial charge < -0.3 is 9.47 Å². The summed E-state index contributed by atoms with van der Waals surface area (Å²) < 4.78 is 11.0. The van der Waals surface area contributed by atoms with E-state index < -0.39 is 0 Å². The molecule has 2 nitrogen and oxygen atoms in total. The van der Waals surface area contributed by atoms with Crippen molar-refractivity contribution in [3.8, 4) is 22.6 Å². The van der Waals surface area contributed by atoms with Crippen LogP contribution in [0.5, 0.6) is 11.5 Å². The van der Waals surface area contributed by atoms with Gasteiger partial charge in [-0.3, -0.25) is 0 Å². The predicted octanol–water partition coefficient (Wildman–Crippen LogP) is 3.56. The van der Waals surface area contributed by atoms with E-state index >= 15 is 0 Å². The van der Waals surface area contributed by atoms with Crippen LogP contribution in [0.1, 0.15) is 6.92 Å². The smallest absolute Gasteiger partial charge is 0.131 e. The third kappa shape index (κ3) is 2.41. The Bertz CT molecular complexity index is 478. The van der Waals surface area contributed by atoms with Crippen LogP contribution in [-0.4, -0.2) is 13.7 Å². The van der Waals surface area contributed by atoms with Gasteiger partial charge in [-0.05, 0) is 30.7 Å². The molecule has 0 bridgehead atoms. The lowest BCUT2D eigenvalue weighted by Crippen LogP contribution is -1.96. The second-order valence-corrected chi connectivity index (χ2v) is 3.56. The van der Waals surface area contributed by atoms with Gasteiger partial charge in [0.15, 0.2) is 0 Å². The van der Waals surface area contributed by atoms with Gasteiger partial charge in [0.05, 0.1) is 19.3 Å². The van der Waals surface area contributed by atoms with Gasteiger partial charge in [-0.25, -0.2) is 0 Å². The largest absolute Gasteiger partial charge is 0.496 e. The normalized spacial score (nSPS) is 10.0. The third-order valence-corrected chi connectivity index (χ3v) is 2.50. The second-order valence-electron chi connectivity index (χ2n) is 3.56. The van der Waals surface area contributed by atoms with E-state index in [1.165, 1.54) is 0 Å². The first-order valence-electron chi connectivity index (χ1n) is 5.63. The molecule has 0 saturated carbocycles. The van der Waals surface area contributed by atoms with E-state index in [0.717, 1.165) is 22.6 Å². The molecule has 2 rings (SSSR count). The minimum absolute atomic E-state index is 0.626. The molecule has 1 radical (unpaired) electrons. The molecule has 17 heavy (non-hydrogen) atoms. The molecule has 0 saturated heterocycles. The van der Waals surface area contributed by atoms with Crippen LogP contribution >= 0.6 is 0 Å². The lowest BCUT2D eigenvalue weighted by atomic mass is 10.0. The quantitative estimate of drug-likeness (QED) is 0.795. The minimum atomic E-state index is 0.626. The van der Waals surface area contributed by atoms with E-state index in [4.69, 9.17) is 9.47 Å². The first-order chi connectivity index (χ1) is 8.36. The lowest BCUT2D eigenvalue weighted by molar-refractivity contribution is 0.338. The van der Waals surface area contributed by atoms with E-state index in [9.17, 15) is 0 Å².